The van der Waals surface area contributed by atoms with E-state index >= 15 is 0 Å². The van der Waals surface area contributed by atoms with Gasteiger partial charge < -0.3 is 15.0 Å². The molecular formula is C16H27BrN2O. The molecule has 1 N–H and O–H groups in total. The summed E-state index contributed by atoms with van der Waals surface area (Å²) in [4.78, 5) is 2.44. The molecule has 0 heterocycles. The Labute approximate surface area is 131 Å². The van der Waals surface area contributed by atoms with E-state index in [0.29, 0.717) is 12.1 Å². The highest BCUT2D eigenvalue weighted by atomic mass is 79.9. The molecule has 0 amide bonds. The highest BCUT2D eigenvalue weighted by molar-refractivity contribution is 9.10. The second-order valence-electron chi connectivity index (χ2n) is 5.16. The maximum Gasteiger partial charge on any atom is 0.0637 e. The SMILES string of the molecule is CCC(C)N(CCOC)c1ccc(Br)cc1C(C)NC. The van der Waals surface area contributed by atoms with Crippen LogP contribution in [-0.4, -0.2) is 33.4 Å². The van der Waals surface area contributed by atoms with Crippen molar-refractivity contribution in [3.8, 4) is 0 Å². The zero-order chi connectivity index (χ0) is 15.1. The molecule has 4 heteroatoms. The van der Waals surface area contributed by atoms with Gasteiger partial charge in [0.1, 0.15) is 0 Å². The first kappa shape index (κ1) is 17.5. The molecule has 0 saturated heterocycles. The summed E-state index contributed by atoms with van der Waals surface area (Å²) in [7, 11) is 3.76. The normalized spacial score (nSPS) is 14.1. The van der Waals surface area contributed by atoms with Crippen LogP contribution in [0.1, 0.15) is 38.8 Å². The van der Waals surface area contributed by atoms with E-state index in [4.69, 9.17) is 4.74 Å². The largest absolute Gasteiger partial charge is 0.383 e. The highest BCUT2D eigenvalue weighted by Gasteiger charge is 2.18. The van der Waals surface area contributed by atoms with E-state index in [0.717, 1.165) is 24.0 Å². The number of benzene rings is 1. The summed E-state index contributed by atoms with van der Waals surface area (Å²) in [5.74, 6) is 0. The van der Waals surface area contributed by atoms with Crippen LogP contribution in [0.3, 0.4) is 0 Å². The van der Waals surface area contributed by atoms with E-state index < -0.39 is 0 Å². The van der Waals surface area contributed by atoms with E-state index in [-0.39, 0.29) is 0 Å². The first-order valence-corrected chi connectivity index (χ1v) is 8.06. The van der Waals surface area contributed by atoms with Crippen LogP contribution in [0, 0.1) is 0 Å². The first-order chi connectivity index (χ1) is 9.54. The molecule has 0 saturated carbocycles. The van der Waals surface area contributed by atoms with E-state index in [9.17, 15) is 0 Å². The van der Waals surface area contributed by atoms with Gasteiger partial charge in [0.25, 0.3) is 0 Å². The molecule has 114 valence electrons. The van der Waals surface area contributed by atoms with E-state index in [1.54, 1.807) is 7.11 Å². The summed E-state index contributed by atoms with van der Waals surface area (Å²) >= 11 is 3.58. The Bertz CT molecular complexity index is 411. The average Bonchev–Trinajstić information content (AvgIpc) is 2.47. The number of nitrogens with zero attached hydrogens (tertiary/aromatic N) is 1. The number of hydrogen-bond acceptors (Lipinski definition) is 3. The van der Waals surface area contributed by atoms with Crippen LogP contribution in [-0.2, 0) is 4.74 Å². The van der Waals surface area contributed by atoms with E-state index in [2.05, 4.69) is 65.1 Å². The van der Waals surface area contributed by atoms with E-state index in [1.807, 2.05) is 7.05 Å². The van der Waals surface area contributed by atoms with Crippen molar-refractivity contribution < 1.29 is 4.74 Å². The number of nitrogens with one attached hydrogen (secondary N) is 1. The topological polar surface area (TPSA) is 24.5 Å². The number of methoxy groups -OCH3 is 1. The van der Waals surface area contributed by atoms with Crippen LogP contribution in [0.2, 0.25) is 0 Å². The molecule has 0 spiro atoms. The Morgan fingerprint density at radius 1 is 1.35 bits per heavy atom. The van der Waals surface area contributed by atoms with Crippen molar-refractivity contribution in [2.45, 2.75) is 39.3 Å². The molecule has 1 aromatic carbocycles. The standard InChI is InChI=1S/C16H27BrN2O/c1-6-12(2)19(9-10-20-5)16-8-7-14(17)11-15(16)13(3)18-4/h7-8,11-13,18H,6,9-10H2,1-5H3. The van der Waals surface area contributed by atoms with Gasteiger partial charge in [0.2, 0.25) is 0 Å². The van der Waals surface area contributed by atoms with Gasteiger partial charge in [-0.05, 0) is 51.1 Å². The Hall–Kier alpha value is -0.580. The molecule has 0 aliphatic rings. The van der Waals surface area contributed by atoms with Crippen LogP contribution in [0.25, 0.3) is 0 Å². The molecule has 20 heavy (non-hydrogen) atoms. The monoisotopic (exact) mass is 342 g/mol. The third-order valence-electron chi connectivity index (χ3n) is 3.86. The van der Waals surface area contributed by atoms with Crippen molar-refractivity contribution in [3.05, 3.63) is 28.2 Å². The fourth-order valence-corrected chi connectivity index (χ4v) is 2.66. The highest BCUT2D eigenvalue weighted by Crippen LogP contribution is 2.31. The van der Waals surface area contributed by atoms with Crippen LogP contribution in [0.4, 0.5) is 5.69 Å². The Balaban J connectivity index is 3.16. The third-order valence-corrected chi connectivity index (χ3v) is 4.35. The Kier molecular flexibility index (Phi) is 7.56. The fourth-order valence-electron chi connectivity index (χ4n) is 2.28. The smallest absolute Gasteiger partial charge is 0.0637 e. The lowest BCUT2D eigenvalue weighted by Crippen LogP contribution is -2.36. The Morgan fingerprint density at radius 3 is 2.60 bits per heavy atom. The van der Waals surface area contributed by atoms with E-state index in [1.165, 1.54) is 11.3 Å². The van der Waals surface area contributed by atoms with Gasteiger partial charge in [0.15, 0.2) is 0 Å². The summed E-state index contributed by atoms with van der Waals surface area (Å²) in [5.41, 5.74) is 2.61. The lowest BCUT2D eigenvalue weighted by atomic mass is 10.0. The maximum absolute atomic E-state index is 5.27. The minimum absolute atomic E-state index is 0.316. The second-order valence-corrected chi connectivity index (χ2v) is 6.07. The molecule has 2 unspecified atom stereocenters. The predicted octanol–water partition coefficient (Wildman–Crippen LogP) is 3.98. The average molecular weight is 343 g/mol. The molecule has 0 aromatic heterocycles. The van der Waals surface area contributed by atoms with Crippen LogP contribution >= 0.6 is 15.9 Å². The van der Waals surface area contributed by atoms with Crippen molar-refractivity contribution in [3.63, 3.8) is 0 Å². The van der Waals surface area contributed by atoms with Crippen molar-refractivity contribution in [1.82, 2.24) is 5.32 Å². The van der Waals surface area contributed by atoms with Crippen molar-refractivity contribution in [1.29, 1.82) is 0 Å². The lowest BCUT2D eigenvalue weighted by molar-refractivity contribution is 0.203. The van der Waals surface area contributed by atoms with Gasteiger partial charge in [-0.15, -0.1) is 0 Å². The third kappa shape index (κ3) is 4.47. The first-order valence-electron chi connectivity index (χ1n) is 7.27. The number of ether oxygens (including phenoxy) is 1. The van der Waals surface area contributed by atoms with Gasteiger partial charge in [-0.2, -0.15) is 0 Å². The molecule has 1 rings (SSSR count). The molecule has 3 nitrogen and oxygen atoms in total. The molecule has 0 radical (unpaired) electrons. The summed E-state index contributed by atoms with van der Waals surface area (Å²) in [6.45, 7) is 8.34. The van der Waals surface area contributed by atoms with Gasteiger partial charge in [0.05, 0.1) is 6.61 Å². The molecular weight excluding hydrogens is 316 g/mol. The molecule has 1 aromatic rings. The molecule has 0 fully saturated rings. The fraction of sp³-hybridized carbons (Fsp3) is 0.625. The van der Waals surface area contributed by atoms with Gasteiger partial charge in [0, 0.05) is 35.9 Å². The number of anilines is 1. The quantitative estimate of drug-likeness (QED) is 0.773. The van der Waals surface area contributed by atoms with Crippen molar-refractivity contribution in [2.75, 3.05) is 32.2 Å². The Morgan fingerprint density at radius 2 is 2.05 bits per heavy atom. The summed E-state index contributed by atoms with van der Waals surface area (Å²) in [5, 5.41) is 3.34. The van der Waals surface area contributed by atoms with Gasteiger partial charge >= 0.3 is 0 Å². The predicted molar refractivity (Wildman–Crippen MR) is 90.6 cm³/mol. The zero-order valence-electron chi connectivity index (χ0n) is 13.2. The lowest BCUT2D eigenvalue weighted by Gasteiger charge is -2.33. The molecule has 2 atom stereocenters. The van der Waals surface area contributed by atoms with Gasteiger partial charge in [-0.25, -0.2) is 0 Å². The number of rotatable bonds is 8. The summed E-state index contributed by atoms with van der Waals surface area (Å²) < 4.78 is 6.39. The summed E-state index contributed by atoms with van der Waals surface area (Å²) in [6, 6.07) is 7.34. The van der Waals surface area contributed by atoms with Gasteiger partial charge in [-0.3, -0.25) is 0 Å². The minimum atomic E-state index is 0.316. The minimum Gasteiger partial charge on any atom is -0.383 e. The molecule has 0 aliphatic heterocycles. The van der Waals surface area contributed by atoms with Crippen molar-refractivity contribution in [2.24, 2.45) is 0 Å². The maximum atomic E-state index is 5.27. The second kappa shape index (κ2) is 8.65. The molecule has 0 bridgehead atoms. The zero-order valence-corrected chi connectivity index (χ0v) is 14.8. The molecule has 0 aliphatic carbocycles. The number of halogens is 1. The number of hydrogen-bond donors (Lipinski definition) is 1. The summed E-state index contributed by atoms with van der Waals surface area (Å²) in [6.07, 6.45) is 1.12. The van der Waals surface area contributed by atoms with Crippen molar-refractivity contribution >= 4 is 21.6 Å². The van der Waals surface area contributed by atoms with Crippen LogP contribution in [0.5, 0.6) is 0 Å². The van der Waals surface area contributed by atoms with Crippen LogP contribution in [0.15, 0.2) is 22.7 Å². The van der Waals surface area contributed by atoms with Crippen LogP contribution < -0.4 is 10.2 Å². The van der Waals surface area contributed by atoms with Gasteiger partial charge in [-0.1, -0.05) is 22.9 Å².